The van der Waals surface area contributed by atoms with Crippen LogP contribution in [0.25, 0.3) is 44.1 Å². The monoisotopic (exact) mass is 409 g/mol. The second kappa shape index (κ2) is 4.40. The van der Waals surface area contributed by atoms with Crippen molar-refractivity contribution in [3.8, 4) is 22.4 Å². The van der Waals surface area contributed by atoms with Gasteiger partial charge in [0, 0.05) is 25.5 Å². The summed E-state index contributed by atoms with van der Waals surface area (Å²) in [5.74, 6) is 0. The minimum Gasteiger partial charge on any atom is -0.246 e. The molecule has 0 radical (unpaired) electrons. The minimum absolute atomic E-state index is 1.01. The van der Waals surface area contributed by atoms with Crippen molar-refractivity contribution in [3.63, 3.8) is 0 Å². The number of benzene rings is 3. The Bertz CT molecular complexity index is 1090. The number of aromatic nitrogens is 1. The summed E-state index contributed by atoms with van der Waals surface area (Å²) in [5.41, 5.74) is 5.84. The van der Waals surface area contributed by atoms with E-state index in [0.717, 1.165) is 25.5 Å². The van der Waals surface area contributed by atoms with Gasteiger partial charge in [-0.2, -0.15) is 0 Å². The van der Waals surface area contributed by atoms with Gasteiger partial charge in [0.25, 0.3) is 0 Å². The first-order valence-corrected chi connectivity index (χ1v) is 8.63. The van der Waals surface area contributed by atoms with Crippen molar-refractivity contribution in [1.29, 1.82) is 0 Å². The lowest BCUT2D eigenvalue weighted by molar-refractivity contribution is 1.41. The first kappa shape index (κ1) is 12.8. The number of nitrogens with zero attached hydrogens (tertiary/aromatic N) is 1. The highest BCUT2D eigenvalue weighted by Gasteiger charge is 2.23. The molecule has 0 unspecified atom stereocenters. The van der Waals surface area contributed by atoms with Crippen molar-refractivity contribution in [2.24, 2.45) is 0 Å². The molecule has 1 aliphatic rings. The summed E-state index contributed by atoms with van der Waals surface area (Å²) in [6.45, 7) is 0. The maximum Gasteiger partial charge on any atom is 0.0852 e. The zero-order valence-corrected chi connectivity index (χ0v) is 14.6. The van der Waals surface area contributed by atoms with Crippen LogP contribution in [-0.4, -0.2) is 4.98 Å². The second-order valence-electron chi connectivity index (χ2n) is 5.55. The Morgan fingerprint density at radius 3 is 2.32 bits per heavy atom. The molecule has 1 heterocycles. The highest BCUT2D eigenvalue weighted by Crippen LogP contribution is 2.47. The lowest BCUT2D eigenvalue weighted by Gasteiger charge is -2.07. The van der Waals surface area contributed by atoms with Crippen LogP contribution in [0, 0.1) is 0 Å². The molecule has 0 saturated heterocycles. The third-order valence-electron chi connectivity index (χ3n) is 4.29. The van der Waals surface area contributed by atoms with Crippen LogP contribution < -0.4 is 0 Å². The fourth-order valence-corrected chi connectivity index (χ4v) is 4.73. The Labute approximate surface area is 144 Å². The predicted molar refractivity (Wildman–Crippen MR) is 99.1 cm³/mol. The van der Waals surface area contributed by atoms with Gasteiger partial charge in [-0.3, -0.25) is 0 Å². The molecule has 0 fully saturated rings. The molecule has 5 rings (SSSR count). The Kier molecular flexibility index (Phi) is 2.56. The summed E-state index contributed by atoms with van der Waals surface area (Å²) in [7, 11) is 0. The van der Waals surface area contributed by atoms with Crippen molar-refractivity contribution in [2.45, 2.75) is 0 Å². The van der Waals surface area contributed by atoms with Crippen molar-refractivity contribution in [3.05, 3.63) is 63.5 Å². The van der Waals surface area contributed by atoms with E-state index in [1.165, 1.54) is 27.5 Å². The summed E-state index contributed by atoms with van der Waals surface area (Å²) >= 11 is 7.20. The molecule has 0 saturated carbocycles. The van der Waals surface area contributed by atoms with E-state index in [1.54, 1.807) is 0 Å². The SMILES string of the molecule is Brc1cc(Br)c2nc3c(cc2c1)-c1cccc2cccc-3c12. The van der Waals surface area contributed by atoms with Gasteiger partial charge in [0.1, 0.15) is 0 Å². The summed E-state index contributed by atoms with van der Waals surface area (Å²) in [5, 5.41) is 3.74. The third kappa shape index (κ3) is 1.61. The molecule has 3 aromatic carbocycles. The molecule has 1 aliphatic carbocycles. The van der Waals surface area contributed by atoms with Gasteiger partial charge in [-0.15, -0.1) is 0 Å². The van der Waals surface area contributed by atoms with Gasteiger partial charge in [-0.1, -0.05) is 52.3 Å². The Hall–Kier alpha value is -1.71. The van der Waals surface area contributed by atoms with Gasteiger partial charge >= 0.3 is 0 Å². The fraction of sp³-hybridized carbons (Fsp3) is 0. The maximum atomic E-state index is 4.97. The fourth-order valence-electron chi connectivity index (χ4n) is 3.38. The van der Waals surface area contributed by atoms with E-state index in [2.05, 4.69) is 80.4 Å². The van der Waals surface area contributed by atoms with E-state index in [0.29, 0.717) is 0 Å². The topological polar surface area (TPSA) is 12.9 Å². The standard InChI is InChI=1S/C19H9Br2N/c20-12-7-11-8-15-13-5-1-3-10-4-2-6-14(17(10)13)19(15)22-18(11)16(21)9-12/h1-9H. The van der Waals surface area contributed by atoms with E-state index in [-0.39, 0.29) is 0 Å². The van der Waals surface area contributed by atoms with Crippen LogP contribution in [0.5, 0.6) is 0 Å². The van der Waals surface area contributed by atoms with Gasteiger partial charge in [-0.25, -0.2) is 4.98 Å². The smallest absolute Gasteiger partial charge is 0.0852 e. The lowest BCUT2D eigenvalue weighted by Crippen LogP contribution is -1.87. The van der Waals surface area contributed by atoms with Gasteiger partial charge in [0.15, 0.2) is 0 Å². The van der Waals surface area contributed by atoms with Crippen LogP contribution in [0.1, 0.15) is 0 Å². The molecule has 4 aromatic rings. The van der Waals surface area contributed by atoms with Crippen molar-refractivity contribution in [1.82, 2.24) is 4.98 Å². The largest absolute Gasteiger partial charge is 0.246 e. The van der Waals surface area contributed by atoms with Crippen LogP contribution in [0.4, 0.5) is 0 Å². The minimum atomic E-state index is 1.01. The van der Waals surface area contributed by atoms with E-state index >= 15 is 0 Å². The molecule has 0 bridgehead atoms. The summed E-state index contributed by atoms with van der Waals surface area (Å²) in [4.78, 5) is 4.97. The molecule has 0 amide bonds. The molecule has 22 heavy (non-hydrogen) atoms. The molecule has 1 aromatic heterocycles. The van der Waals surface area contributed by atoms with E-state index in [4.69, 9.17) is 4.98 Å². The number of pyridine rings is 1. The quantitative estimate of drug-likeness (QED) is 0.281. The molecule has 0 aliphatic heterocycles. The van der Waals surface area contributed by atoms with Gasteiger partial charge in [0.05, 0.1) is 11.2 Å². The number of fused-ring (bicyclic) bond motifs is 4. The van der Waals surface area contributed by atoms with Crippen molar-refractivity contribution < 1.29 is 0 Å². The predicted octanol–water partition coefficient (Wildman–Crippen LogP) is 6.56. The number of hydrogen-bond acceptors (Lipinski definition) is 1. The van der Waals surface area contributed by atoms with E-state index < -0.39 is 0 Å². The third-order valence-corrected chi connectivity index (χ3v) is 5.35. The summed E-state index contributed by atoms with van der Waals surface area (Å²) in [6, 6.07) is 19.3. The van der Waals surface area contributed by atoms with Gasteiger partial charge in [-0.05, 0) is 50.5 Å². The zero-order valence-electron chi connectivity index (χ0n) is 11.4. The van der Waals surface area contributed by atoms with Crippen LogP contribution in [0.15, 0.2) is 63.5 Å². The molecule has 0 N–H and O–H groups in total. The van der Waals surface area contributed by atoms with Gasteiger partial charge in [0.2, 0.25) is 0 Å². The molecule has 0 spiro atoms. The summed E-state index contributed by atoms with van der Waals surface area (Å²) in [6.07, 6.45) is 0. The second-order valence-corrected chi connectivity index (χ2v) is 7.32. The maximum absolute atomic E-state index is 4.97. The number of rotatable bonds is 0. The molecular formula is C19H9Br2N. The van der Waals surface area contributed by atoms with Crippen molar-refractivity contribution >= 4 is 53.5 Å². The van der Waals surface area contributed by atoms with Crippen LogP contribution in [0.2, 0.25) is 0 Å². The average molecular weight is 411 g/mol. The van der Waals surface area contributed by atoms with Crippen LogP contribution in [-0.2, 0) is 0 Å². The molecule has 104 valence electrons. The molecule has 0 atom stereocenters. The Balaban J connectivity index is 1.99. The highest BCUT2D eigenvalue weighted by atomic mass is 79.9. The molecule has 3 heteroatoms. The molecule has 1 nitrogen and oxygen atoms in total. The highest BCUT2D eigenvalue weighted by molar-refractivity contribution is 9.11. The summed E-state index contributed by atoms with van der Waals surface area (Å²) < 4.78 is 2.07. The number of halogens is 2. The van der Waals surface area contributed by atoms with Crippen LogP contribution >= 0.6 is 31.9 Å². The van der Waals surface area contributed by atoms with Crippen molar-refractivity contribution in [2.75, 3.05) is 0 Å². The van der Waals surface area contributed by atoms with E-state index in [9.17, 15) is 0 Å². The first-order valence-electron chi connectivity index (χ1n) is 7.05. The average Bonchev–Trinajstić information content (AvgIpc) is 2.82. The number of hydrogen-bond donors (Lipinski definition) is 0. The zero-order chi connectivity index (χ0) is 14.8. The Morgan fingerprint density at radius 2 is 1.50 bits per heavy atom. The molecular weight excluding hydrogens is 402 g/mol. The lowest BCUT2D eigenvalue weighted by atomic mass is 10.0. The van der Waals surface area contributed by atoms with Crippen LogP contribution in [0.3, 0.4) is 0 Å². The first-order chi connectivity index (χ1) is 10.7. The van der Waals surface area contributed by atoms with Gasteiger partial charge < -0.3 is 0 Å². The normalized spacial score (nSPS) is 12.1. The van der Waals surface area contributed by atoms with E-state index in [1.807, 2.05) is 6.07 Å². The Morgan fingerprint density at radius 1 is 0.727 bits per heavy atom.